The van der Waals surface area contributed by atoms with Gasteiger partial charge in [0.05, 0.1) is 25.2 Å². The van der Waals surface area contributed by atoms with Crippen molar-refractivity contribution in [3.8, 4) is 0 Å². The maximum absolute atomic E-state index is 14.3. The Morgan fingerprint density at radius 2 is 1.46 bits per heavy atom. The standard InChI is InChI=1S/C18H34F4N4/c1-13(2)25-9-7-16(18(21,22)11-25)24-8-5-14(3)26-10-6-15(23-4)17(19,20)12-26/h13-16,23-24H,5-12H2,1-4H3/t14?,15-,16?/m1/s1. The van der Waals surface area contributed by atoms with Crippen molar-refractivity contribution in [3.05, 3.63) is 0 Å². The topological polar surface area (TPSA) is 30.5 Å². The van der Waals surface area contributed by atoms with E-state index in [1.807, 2.05) is 20.8 Å². The third kappa shape index (κ3) is 5.30. The summed E-state index contributed by atoms with van der Waals surface area (Å²) in [5.41, 5.74) is 0. The fourth-order valence-electron chi connectivity index (χ4n) is 4.01. The summed E-state index contributed by atoms with van der Waals surface area (Å²) in [7, 11) is 1.56. The lowest BCUT2D eigenvalue weighted by molar-refractivity contribution is -0.101. The maximum Gasteiger partial charge on any atom is 0.275 e. The minimum Gasteiger partial charge on any atom is -0.312 e. The van der Waals surface area contributed by atoms with E-state index in [2.05, 4.69) is 10.6 Å². The molecule has 3 atom stereocenters. The molecule has 8 heteroatoms. The molecule has 4 nitrogen and oxygen atoms in total. The highest BCUT2D eigenvalue weighted by Crippen LogP contribution is 2.30. The molecule has 2 aliphatic rings. The van der Waals surface area contributed by atoms with E-state index in [-0.39, 0.29) is 25.2 Å². The van der Waals surface area contributed by atoms with Gasteiger partial charge in [-0.15, -0.1) is 0 Å². The van der Waals surface area contributed by atoms with Gasteiger partial charge in [0.15, 0.2) is 0 Å². The molecule has 0 aromatic heterocycles. The van der Waals surface area contributed by atoms with Crippen molar-refractivity contribution in [2.75, 3.05) is 39.8 Å². The fraction of sp³-hybridized carbons (Fsp3) is 1.00. The Bertz CT molecular complexity index is 447. The molecule has 2 rings (SSSR count). The summed E-state index contributed by atoms with van der Waals surface area (Å²) in [6, 6.07) is -1.56. The number of piperidine rings is 2. The van der Waals surface area contributed by atoms with Crippen molar-refractivity contribution in [1.29, 1.82) is 0 Å². The van der Waals surface area contributed by atoms with Crippen LogP contribution in [0.15, 0.2) is 0 Å². The zero-order chi connectivity index (χ0) is 19.5. The molecule has 0 aliphatic carbocycles. The highest BCUT2D eigenvalue weighted by atomic mass is 19.3. The van der Waals surface area contributed by atoms with Gasteiger partial charge in [0.2, 0.25) is 0 Å². The second-order valence-electron chi connectivity index (χ2n) is 8.12. The van der Waals surface area contributed by atoms with E-state index in [0.717, 1.165) is 0 Å². The zero-order valence-corrected chi connectivity index (χ0v) is 16.4. The molecule has 154 valence electrons. The summed E-state index contributed by atoms with van der Waals surface area (Å²) < 4.78 is 56.8. The SMILES string of the molecule is CN[C@@H]1CCN(C(C)CCNC2CCN(C(C)C)CC2(F)F)CC1(F)F. The normalized spacial score (nSPS) is 31.3. The first-order valence-corrected chi connectivity index (χ1v) is 9.71. The van der Waals surface area contributed by atoms with Crippen LogP contribution < -0.4 is 10.6 Å². The summed E-state index contributed by atoms with van der Waals surface area (Å²) in [6.07, 6.45) is 1.39. The van der Waals surface area contributed by atoms with E-state index in [1.165, 1.54) is 0 Å². The van der Waals surface area contributed by atoms with Gasteiger partial charge >= 0.3 is 0 Å². The molecule has 2 unspecified atom stereocenters. The molecule has 2 N–H and O–H groups in total. The number of hydrogen-bond acceptors (Lipinski definition) is 4. The molecule has 0 radical (unpaired) electrons. The van der Waals surface area contributed by atoms with Crippen LogP contribution in [0.3, 0.4) is 0 Å². The fourth-order valence-corrected chi connectivity index (χ4v) is 4.01. The van der Waals surface area contributed by atoms with E-state index in [0.29, 0.717) is 38.9 Å². The number of likely N-dealkylation sites (tertiary alicyclic amines) is 2. The average Bonchev–Trinajstić information content (AvgIpc) is 2.54. The number of halogens is 4. The molecule has 2 heterocycles. The van der Waals surface area contributed by atoms with Gasteiger partial charge in [0, 0.05) is 25.2 Å². The second kappa shape index (κ2) is 8.71. The van der Waals surface area contributed by atoms with Crippen LogP contribution >= 0.6 is 0 Å². The Labute approximate surface area is 154 Å². The van der Waals surface area contributed by atoms with Crippen molar-refractivity contribution in [1.82, 2.24) is 20.4 Å². The molecular formula is C18H34F4N4. The third-order valence-corrected chi connectivity index (χ3v) is 5.91. The smallest absolute Gasteiger partial charge is 0.275 e. The van der Waals surface area contributed by atoms with Crippen LogP contribution in [0.4, 0.5) is 17.6 Å². The monoisotopic (exact) mass is 382 g/mol. The van der Waals surface area contributed by atoms with Crippen molar-refractivity contribution in [3.63, 3.8) is 0 Å². The molecule has 0 bridgehead atoms. The van der Waals surface area contributed by atoms with Gasteiger partial charge in [0.25, 0.3) is 11.8 Å². The van der Waals surface area contributed by atoms with Gasteiger partial charge in [-0.1, -0.05) is 0 Å². The first-order chi connectivity index (χ1) is 12.1. The highest BCUT2D eigenvalue weighted by molar-refractivity contribution is 4.94. The molecule has 2 saturated heterocycles. The van der Waals surface area contributed by atoms with Crippen LogP contribution in [0.5, 0.6) is 0 Å². The Balaban J connectivity index is 1.77. The first kappa shape index (κ1) is 21.9. The second-order valence-corrected chi connectivity index (χ2v) is 8.12. The molecule has 0 amide bonds. The number of alkyl halides is 4. The Hall–Kier alpha value is -0.440. The van der Waals surface area contributed by atoms with Gasteiger partial charge in [-0.25, -0.2) is 17.6 Å². The number of nitrogens with zero attached hydrogens (tertiary/aromatic N) is 2. The predicted octanol–water partition coefficient (Wildman–Crippen LogP) is 2.40. The highest BCUT2D eigenvalue weighted by Gasteiger charge is 2.46. The number of hydrogen-bond donors (Lipinski definition) is 2. The number of rotatable bonds is 7. The van der Waals surface area contributed by atoms with E-state index in [9.17, 15) is 17.6 Å². The molecule has 0 aromatic rings. The molecule has 2 aliphatic heterocycles. The Morgan fingerprint density at radius 1 is 0.923 bits per heavy atom. The molecule has 26 heavy (non-hydrogen) atoms. The number of nitrogens with one attached hydrogen (secondary N) is 2. The van der Waals surface area contributed by atoms with E-state index in [1.54, 1.807) is 16.8 Å². The summed E-state index contributed by atoms with van der Waals surface area (Å²) in [5.74, 6) is -5.52. The van der Waals surface area contributed by atoms with Gasteiger partial charge in [-0.3, -0.25) is 9.80 Å². The van der Waals surface area contributed by atoms with Gasteiger partial charge in [-0.2, -0.15) is 0 Å². The van der Waals surface area contributed by atoms with Crippen LogP contribution in [0.1, 0.15) is 40.0 Å². The minimum atomic E-state index is -2.76. The van der Waals surface area contributed by atoms with E-state index >= 15 is 0 Å². The molecule has 2 fully saturated rings. The lowest BCUT2D eigenvalue weighted by Gasteiger charge is -2.42. The van der Waals surface area contributed by atoms with Crippen LogP contribution in [-0.2, 0) is 0 Å². The molecule has 0 aromatic carbocycles. The quantitative estimate of drug-likeness (QED) is 0.662. The third-order valence-electron chi connectivity index (χ3n) is 5.91. The molecule has 0 saturated carbocycles. The minimum absolute atomic E-state index is 0.0597. The predicted molar refractivity (Wildman–Crippen MR) is 96.1 cm³/mol. The van der Waals surface area contributed by atoms with Crippen molar-refractivity contribution >= 4 is 0 Å². The zero-order valence-electron chi connectivity index (χ0n) is 16.4. The van der Waals surface area contributed by atoms with Crippen molar-refractivity contribution < 1.29 is 17.6 Å². The van der Waals surface area contributed by atoms with Gasteiger partial charge in [0.1, 0.15) is 0 Å². The molecule has 0 spiro atoms. The van der Waals surface area contributed by atoms with Crippen LogP contribution in [0, 0.1) is 0 Å². The lowest BCUT2D eigenvalue weighted by Crippen LogP contribution is -2.59. The van der Waals surface area contributed by atoms with Crippen molar-refractivity contribution in [2.24, 2.45) is 0 Å². The summed E-state index contributed by atoms with van der Waals surface area (Å²) in [5, 5.41) is 5.66. The average molecular weight is 382 g/mol. The lowest BCUT2D eigenvalue weighted by atomic mass is 9.98. The summed E-state index contributed by atoms with van der Waals surface area (Å²) in [6.45, 7) is 6.94. The van der Waals surface area contributed by atoms with Crippen LogP contribution in [0.2, 0.25) is 0 Å². The largest absolute Gasteiger partial charge is 0.312 e. The van der Waals surface area contributed by atoms with Crippen molar-refractivity contribution in [2.45, 2.75) is 76.0 Å². The van der Waals surface area contributed by atoms with E-state index < -0.39 is 23.9 Å². The van der Waals surface area contributed by atoms with Gasteiger partial charge in [-0.05, 0) is 53.6 Å². The van der Waals surface area contributed by atoms with E-state index in [4.69, 9.17) is 0 Å². The summed E-state index contributed by atoms with van der Waals surface area (Å²) >= 11 is 0. The van der Waals surface area contributed by atoms with Crippen LogP contribution in [0.25, 0.3) is 0 Å². The Kier molecular flexibility index (Phi) is 7.32. The Morgan fingerprint density at radius 3 is 2.00 bits per heavy atom. The summed E-state index contributed by atoms with van der Waals surface area (Å²) in [4.78, 5) is 3.57. The first-order valence-electron chi connectivity index (χ1n) is 9.71. The van der Waals surface area contributed by atoms with Crippen LogP contribution in [-0.4, -0.2) is 85.6 Å². The van der Waals surface area contributed by atoms with Gasteiger partial charge < -0.3 is 10.6 Å². The maximum atomic E-state index is 14.3. The molecular weight excluding hydrogens is 348 g/mol.